The second-order valence-electron chi connectivity index (χ2n) is 9.67. The molecule has 1 atom stereocenters. The highest BCUT2D eigenvalue weighted by molar-refractivity contribution is 7.10. The summed E-state index contributed by atoms with van der Waals surface area (Å²) in [5, 5.41) is 17.5. The minimum absolute atomic E-state index is 0.110. The van der Waals surface area contributed by atoms with E-state index in [4.69, 9.17) is 13.9 Å². The number of hydrogen-bond donors (Lipinski definition) is 1. The maximum Gasteiger partial charge on any atom is 0.248 e. The molecule has 1 N–H and O–H groups in total. The van der Waals surface area contributed by atoms with Crippen molar-refractivity contribution in [3.05, 3.63) is 64.0 Å². The fraction of sp³-hybridized carbons (Fsp3) is 0.370. The van der Waals surface area contributed by atoms with Crippen molar-refractivity contribution in [1.29, 1.82) is 0 Å². The second kappa shape index (κ2) is 10.9. The molecular weight excluding hydrogens is 520 g/mol. The molecule has 12 heteroatoms. The number of nitrogens with one attached hydrogen (secondary N) is 1. The number of carbonyl (C=O) groups excluding carboxylic acids is 2. The summed E-state index contributed by atoms with van der Waals surface area (Å²) in [6, 6.07) is 12.2. The summed E-state index contributed by atoms with van der Waals surface area (Å²) in [7, 11) is 0. The predicted molar refractivity (Wildman–Crippen MR) is 141 cm³/mol. The molecular formula is C27H28N6O5S. The van der Waals surface area contributed by atoms with Crippen LogP contribution in [0.2, 0.25) is 0 Å². The molecule has 0 saturated heterocycles. The SMILES string of the molecule is Cc1ccc(-c2nnn(CC(=O)N(Cc3ccc4c(c3)OCO4)C(C(=O)NC3CCCC3)c3cccs3)n2)o1. The summed E-state index contributed by atoms with van der Waals surface area (Å²) in [5.41, 5.74) is 0.807. The normalized spacial score (nSPS) is 15.4. The van der Waals surface area contributed by atoms with Gasteiger partial charge in [0, 0.05) is 17.5 Å². The molecule has 39 heavy (non-hydrogen) atoms. The minimum atomic E-state index is -0.820. The molecule has 0 spiro atoms. The first-order valence-corrected chi connectivity index (χ1v) is 13.8. The van der Waals surface area contributed by atoms with Gasteiger partial charge in [0.2, 0.25) is 24.4 Å². The van der Waals surface area contributed by atoms with Gasteiger partial charge in [-0.05, 0) is 66.3 Å². The fourth-order valence-electron chi connectivity index (χ4n) is 4.96. The van der Waals surface area contributed by atoms with Gasteiger partial charge in [0.1, 0.15) is 18.3 Å². The summed E-state index contributed by atoms with van der Waals surface area (Å²) in [6.45, 7) is 1.95. The Morgan fingerprint density at radius 3 is 2.77 bits per heavy atom. The van der Waals surface area contributed by atoms with Gasteiger partial charge >= 0.3 is 0 Å². The third-order valence-electron chi connectivity index (χ3n) is 6.87. The molecule has 6 rings (SSSR count). The lowest BCUT2D eigenvalue weighted by Gasteiger charge is -2.31. The summed E-state index contributed by atoms with van der Waals surface area (Å²) in [4.78, 5) is 31.3. The molecule has 202 valence electrons. The number of nitrogens with zero attached hydrogens (tertiary/aromatic N) is 5. The van der Waals surface area contributed by atoms with Crippen LogP contribution in [0.1, 0.15) is 47.9 Å². The Balaban J connectivity index is 1.30. The average Bonchev–Trinajstić information content (AvgIpc) is 3.75. The van der Waals surface area contributed by atoms with Gasteiger partial charge < -0.3 is 24.1 Å². The van der Waals surface area contributed by atoms with Crippen molar-refractivity contribution < 1.29 is 23.5 Å². The Morgan fingerprint density at radius 1 is 1.15 bits per heavy atom. The number of aryl methyl sites for hydroxylation is 1. The number of ether oxygens (including phenoxy) is 2. The van der Waals surface area contributed by atoms with Crippen LogP contribution in [0.15, 0.2) is 52.3 Å². The predicted octanol–water partition coefficient (Wildman–Crippen LogP) is 3.86. The molecule has 1 fully saturated rings. The van der Waals surface area contributed by atoms with E-state index in [1.165, 1.54) is 16.1 Å². The number of tetrazole rings is 1. The Bertz CT molecular complexity index is 1460. The quantitative estimate of drug-likeness (QED) is 0.334. The Hall–Kier alpha value is -4.19. The molecule has 11 nitrogen and oxygen atoms in total. The van der Waals surface area contributed by atoms with Crippen molar-refractivity contribution in [2.75, 3.05) is 6.79 Å². The molecule has 4 heterocycles. The summed E-state index contributed by atoms with van der Waals surface area (Å²) >= 11 is 1.44. The van der Waals surface area contributed by atoms with E-state index < -0.39 is 6.04 Å². The molecule has 2 aliphatic rings. The molecule has 0 bridgehead atoms. The third kappa shape index (κ3) is 5.51. The van der Waals surface area contributed by atoms with Crippen LogP contribution in [-0.2, 0) is 22.7 Å². The zero-order valence-corrected chi connectivity index (χ0v) is 22.2. The topological polar surface area (TPSA) is 125 Å². The average molecular weight is 549 g/mol. The van der Waals surface area contributed by atoms with Crippen LogP contribution in [0.25, 0.3) is 11.6 Å². The van der Waals surface area contributed by atoms with Crippen LogP contribution in [-0.4, -0.2) is 49.8 Å². The second-order valence-corrected chi connectivity index (χ2v) is 10.7. The number of aromatic nitrogens is 4. The van der Waals surface area contributed by atoms with Crippen LogP contribution >= 0.6 is 11.3 Å². The van der Waals surface area contributed by atoms with Crippen molar-refractivity contribution in [2.45, 2.75) is 57.8 Å². The highest BCUT2D eigenvalue weighted by Gasteiger charge is 2.34. The number of hydrogen-bond acceptors (Lipinski definition) is 9. The zero-order valence-electron chi connectivity index (χ0n) is 21.4. The Morgan fingerprint density at radius 2 is 2.00 bits per heavy atom. The lowest BCUT2D eigenvalue weighted by Crippen LogP contribution is -2.46. The van der Waals surface area contributed by atoms with Gasteiger partial charge in [-0.2, -0.15) is 4.80 Å². The Labute approximate surface area is 228 Å². The number of thiophene rings is 1. The van der Waals surface area contributed by atoms with Gasteiger partial charge in [-0.1, -0.05) is 25.0 Å². The van der Waals surface area contributed by atoms with E-state index in [2.05, 4.69) is 20.7 Å². The molecule has 3 aromatic heterocycles. The van der Waals surface area contributed by atoms with Crippen LogP contribution in [0.4, 0.5) is 0 Å². The highest BCUT2D eigenvalue weighted by Crippen LogP contribution is 2.34. The molecule has 1 aliphatic heterocycles. The van der Waals surface area contributed by atoms with Crippen molar-refractivity contribution in [3.8, 4) is 23.1 Å². The van der Waals surface area contributed by atoms with Crippen LogP contribution in [0.3, 0.4) is 0 Å². The van der Waals surface area contributed by atoms with E-state index >= 15 is 0 Å². The first kappa shape index (κ1) is 25.1. The largest absolute Gasteiger partial charge is 0.458 e. The van der Waals surface area contributed by atoms with Crippen LogP contribution in [0, 0.1) is 6.92 Å². The summed E-state index contributed by atoms with van der Waals surface area (Å²) in [6.07, 6.45) is 4.06. The molecule has 2 amide bonds. The number of carbonyl (C=O) groups is 2. The van der Waals surface area contributed by atoms with Crippen molar-refractivity contribution >= 4 is 23.2 Å². The summed E-state index contributed by atoms with van der Waals surface area (Å²) in [5.74, 6) is 2.21. The molecule has 1 unspecified atom stereocenters. The van der Waals surface area contributed by atoms with Gasteiger partial charge in [-0.25, -0.2) is 0 Å². The van der Waals surface area contributed by atoms with E-state index in [0.717, 1.165) is 41.9 Å². The van der Waals surface area contributed by atoms with Gasteiger partial charge in [0.25, 0.3) is 0 Å². The van der Waals surface area contributed by atoms with Gasteiger partial charge in [-0.3, -0.25) is 9.59 Å². The van der Waals surface area contributed by atoms with Crippen molar-refractivity contribution in [2.24, 2.45) is 0 Å². The third-order valence-corrected chi connectivity index (χ3v) is 7.80. The summed E-state index contributed by atoms with van der Waals surface area (Å²) < 4.78 is 16.6. The number of furan rings is 1. The van der Waals surface area contributed by atoms with Gasteiger partial charge in [-0.15, -0.1) is 21.5 Å². The van der Waals surface area contributed by atoms with Gasteiger partial charge in [0.05, 0.1) is 0 Å². The zero-order chi connectivity index (χ0) is 26.8. The van der Waals surface area contributed by atoms with Crippen LogP contribution in [0.5, 0.6) is 11.5 Å². The van der Waals surface area contributed by atoms with Crippen molar-refractivity contribution in [1.82, 2.24) is 30.4 Å². The maximum absolute atomic E-state index is 13.9. The van der Waals surface area contributed by atoms with E-state index in [0.29, 0.717) is 17.3 Å². The standard InChI is InChI=1S/C27H28N6O5S/c1-17-8-10-21(38-17)26-29-31-33(30-26)15-24(34)32(14-18-9-11-20-22(13-18)37-16-36-20)25(23-7-4-12-39-23)27(35)28-19-5-2-3-6-19/h4,7-13,19,25H,2-3,5-6,14-16H2,1H3,(H,28,35). The first-order valence-electron chi connectivity index (χ1n) is 12.9. The smallest absolute Gasteiger partial charge is 0.248 e. The van der Waals surface area contributed by atoms with Gasteiger partial charge in [0.15, 0.2) is 17.3 Å². The Kier molecular flexibility index (Phi) is 7.01. The van der Waals surface area contributed by atoms with Crippen molar-refractivity contribution in [3.63, 3.8) is 0 Å². The molecule has 1 aliphatic carbocycles. The minimum Gasteiger partial charge on any atom is -0.458 e. The van der Waals surface area contributed by atoms with E-state index in [1.54, 1.807) is 11.0 Å². The van der Waals surface area contributed by atoms with Crippen LogP contribution < -0.4 is 14.8 Å². The number of benzene rings is 1. The number of fused-ring (bicyclic) bond motifs is 1. The maximum atomic E-state index is 13.9. The molecule has 1 aromatic carbocycles. The monoisotopic (exact) mass is 548 g/mol. The number of rotatable bonds is 9. The lowest BCUT2D eigenvalue weighted by molar-refractivity contribution is -0.142. The molecule has 1 saturated carbocycles. The molecule has 0 radical (unpaired) electrons. The first-order chi connectivity index (χ1) is 19.0. The molecule has 4 aromatic rings. The fourth-order valence-corrected chi connectivity index (χ4v) is 5.79. The van der Waals surface area contributed by atoms with E-state index in [9.17, 15) is 9.59 Å². The van der Waals surface area contributed by atoms with E-state index in [1.807, 2.05) is 48.7 Å². The lowest BCUT2D eigenvalue weighted by atomic mass is 10.1. The van der Waals surface area contributed by atoms with E-state index in [-0.39, 0.29) is 43.6 Å². The number of amides is 2. The highest BCUT2D eigenvalue weighted by atomic mass is 32.1.